The van der Waals surface area contributed by atoms with Crippen molar-refractivity contribution < 1.29 is 13.6 Å². The molecule has 0 radical (unpaired) electrons. The fourth-order valence-corrected chi connectivity index (χ4v) is 14.2. The number of anilines is 1. The standard InChI is InChI=1S/C15H23ClN2O3P2S2/c1-11(2)20-23(19,21-12(3)4)25-15-13(5)17-18(22(15,16)24)14-9-7-6-8-10-14/h6-12,15H,1-5H3. The van der Waals surface area contributed by atoms with Crippen molar-refractivity contribution in [1.29, 1.82) is 0 Å². The van der Waals surface area contributed by atoms with Crippen molar-refractivity contribution in [2.75, 3.05) is 4.78 Å². The summed E-state index contributed by atoms with van der Waals surface area (Å²) in [6, 6.07) is 9.54. The van der Waals surface area contributed by atoms with Gasteiger partial charge >= 0.3 is 6.80 Å². The number of para-hydroxylation sites is 1. The van der Waals surface area contributed by atoms with Crippen LogP contribution in [0.1, 0.15) is 34.6 Å². The van der Waals surface area contributed by atoms with E-state index in [9.17, 15) is 4.57 Å². The molecule has 0 aliphatic carbocycles. The first-order chi connectivity index (χ1) is 11.5. The molecule has 2 unspecified atom stereocenters. The van der Waals surface area contributed by atoms with Gasteiger partial charge in [-0.15, -0.1) is 9.88 Å². The SMILES string of the molecule is CC1=NN(c2ccccc2)[P+]([S-])(Cl)C1SP(=O)(OC(C)C)OC(C)C. The number of rotatable bonds is 7. The topological polar surface area (TPSA) is 51.1 Å². The maximum atomic E-state index is 13.2. The van der Waals surface area contributed by atoms with Crippen LogP contribution in [-0.2, 0) is 25.9 Å². The molecular formula is C15H23ClN2O3P2S2. The summed E-state index contributed by atoms with van der Waals surface area (Å²) in [4.78, 5) is -0.410. The molecule has 1 heterocycles. The van der Waals surface area contributed by atoms with Crippen LogP contribution in [0.25, 0.3) is 0 Å². The van der Waals surface area contributed by atoms with E-state index in [2.05, 4.69) is 5.10 Å². The number of benzene rings is 1. The Balaban J connectivity index is 2.29. The van der Waals surface area contributed by atoms with Crippen LogP contribution >= 0.6 is 35.4 Å². The van der Waals surface area contributed by atoms with Gasteiger partial charge < -0.3 is 12.2 Å². The summed E-state index contributed by atoms with van der Waals surface area (Å²) in [5.41, 5.74) is 1.56. The van der Waals surface area contributed by atoms with E-state index in [0.29, 0.717) is 0 Å². The van der Waals surface area contributed by atoms with Crippen LogP contribution in [0.15, 0.2) is 35.4 Å². The number of nitrogens with zero attached hydrogens (tertiary/aromatic N) is 2. The predicted molar refractivity (Wildman–Crippen MR) is 114 cm³/mol. The third kappa shape index (κ3) is 5.38. The van der Waals surface area contributed by atoms with Gasteiger partial charge in [0.1, 0.15) is 5.97 Å². The molecule has 0 amide bonds. The fraction of sp³-hybridized carbons (Fsp3) is 0.533. The van der Waals surface area contributed by atoms with E-state index in [1.165, 1.54) is 0 Å². The van der Waals surface area contributed by atoms with Gasteiger partial charge in [-0.25, -0.2) is 4.57 Å². The third-order valence-corrected chi connectivity index (χ3v) is 13.5. The van der Waals surface area contributed by atoms with Gasteiger partial charge in [0.15, 0.2) is 4.99 Å². The van der Waals surface area contributed by atoms with Crippen LogP contribution in [-0.4, -0.2) is 22.9 Å². The first kappa shape index (κ1) is 21.6. The van der Waals surface area contributed by atoms with Crippen molar-refractivity contribution in [1.82, 2.24) is 0 Å². The zero-order chi connectivity index (χ0) is 18.8. The molecule has 0 saturated carbocycles. The van der Waals surface area contributed by atoms with Gasteiger partial charge in [-0.1, -0.05) is 18.2 Å². The Kier molecular flexibility index (Phi) is 7.34. The van der Waals surface area contributed by atoms with Crippen molar-refractivity contribution in [3.8, 4) is 0 Å². The molecule has 0 fully saturated rings. The smallest absolute Gasteiger partial charge is 0.393 e. The monoisotopic (exact) mass is 440 g/mol. The highest BCUT2D eigenvalue weighted by Crippen LogP contribution is 2.80. The van der Waals surface area contributed by atoms with E-state index in [1.54, 1.807) is 4.78 Å². The van der Waals surface area contributed by atoms with Crippen molar-refractivity contribution in [3.63, 3.8) is 0 Å². The van der Waals surface area contributed by atoms with Gasteiger partial charge in [0, 0.05) is 11.4 Å². The summed E-state index contributed by atoms with van der Waals surface area (Å²) in [5, 5.41) is 4.55. The summed E-state index contributed by atoms with van der Waals surface area (Å²) in [5.74, 6) is -2.66. The lowest BCUT2D eigenvalue weighted by Crippen LogP contribution is -2.16. The number of halogens is 1. The minimum absolute atomic E-state index is 0.242. The van der Waals surface area contributed by atoms with E-state index >= 15 is 0 Å². The largest absolute Gasteiger partial charge is 0.510 e. The highest BCUT2D eigenvalue weighted by Gasteiger charge is 2.53. The van der Waals surface area contributed by atoms with Gasteiger partial charge in [-0.2, -0.15) is 0 Å². The zero-order valence-corrected chi connectivity index (χ0v) is 19.0. The lowest BCUT2D eigenvalue weighted by molar-refractivity contribution is 0.156. The molecule has 2 rings (SSSR count). The van der Waals surface area contributed by atoms with Gasteiger partial charge in [0.2, 0.25) is 0 Å². The predicted octanol–water partition coefficient (Wildman–Crippen LogP) is 6.45. The first-order valence-electron chi connectivity index (χ1n) is 7.90. The Bertz CT molecular complexity index is 660. The van der Waals surface area contributed by atoms with Gasteiger partial charge in [0.25, 0.3) is 0 Å². The summed E-state index contributed by atoms with van der Waals surface area (Å²) >= 11 is 13.6. The lowest BCUT2D eigenvalue weighted by atomic mass is 10.3. The van der Waals surface area contributed by atoms with Crippen LogP contribution in [0.3, 0.4) is 0 Å². The fourth-order valence-electron chi connectivity index (χ4n) is 2.21. The summed E-state index contributed by atoms with van der Waals surface area (Å²) < 4.78 is 26.2. The average Bonchev–Trinajstić information content (AvgIpc) is 2.69. The van der Waals surface area contributed by atoms with Crippen molar-refractivity contribution in [2.24, 2.45) is 5.10 Å². The van der Waals surface area contributed by atoms with Crippen LogP contribution < -0.4 is 4.78 Å². The van der Waals surface area contributed by atoms with E-state index in [1.807, 2.05) is 65.0 Å². The highest BCUT2D eigenvalue weighted by atomic mass is 35.7. The molecule has 0 saturated heterocycles. The van der Waals surface area contributed by atoms with E-state index in [4.69, 9.17) is 32.5 Å². The number of hydrazone groups is 1. The minimum atomic E-state index is -3.43. The Labute approximate surface area is 164 Å². The zero-order valence-electron chi connectivity index (χ0n) is 14.8. The van der Waals surface area contributed by atoms with E-state index in [-0.39, 0.29) is 12.2 Å². The molecule has 0 spiro atoms. The summed E-state index contributed by atoms with van der Waals surface area (Å²) in [6.07, 6.45) is -0.483. The molecule has 1 aromatic rings. The van der Waals surface area contributed by atoms with Gasteiger partial charge in [0.05, 0.1) is 34.8 Å². The molecule has 5 nitrogen and oxygen atoms in total. The van der Waals surface area contributed by atoms with E-state index < -0.39 is 17.8 Å². The molecular weight excluding hydrogens is 418 g/mol. The van der Waals surface area contributed by atoms with Crippen molar-refractivity contribution in [3.05, 3.63) is 30.3 Å². The van der Waals surface area contributed by atoms with Crippen LogP contribution in [0.5, 0.6) is 0 Å². The Morgan fingerprint density at radius 3 is 2.24 bits per heavy atom. The molecule has 0 bridgehead atoms. The second-order valence-electron chi connectivity index (χ2n) is 6.12. The molecule has 140 valence electrons. The first-order valence-corrected chi connectivity index (χ1v) is 14.7. The number of hydrogen-bond donors (Lipinski definition) is 0. The maximum Gasteiger partial charge on any atom is 0.393 e. The molecule has 25 heavy (non-hydrogen) atoms. The van der Waals surface area contributed by atoms with Crippen LogP contribution in [0, 0.1) is 0 Å². The maximum absolute atomic E-state index is 13.2. The van der Waals surface area contributed by atoms with Crippen LogP contribution in [0.4, 0.5) is 5.69 Å². The minimum Gasteiger partial charge on any atom is -0.510 e. The molecule has 0 aromatic heterocycles. The van der Waals surface area contributed by atoms with Crippen molar-refractivity contribution in [2.45, 2.75) is 51.8 Å². The molecule has 1 aliphatic rings. The third-order valence-electron chi connectivity index (χ3n) is 3.05. The summed E-state index contributed by atoms with van der Waals surface area (Å²) in [7, 11) is 0. The van der Waals surface area contributed by atoms with Gasteiger partial charge in [-0.05, 0) is 46.8 Å². The molecule has 0 N–H and O–H groups in total. The van der Waals surface area contributed by atoms with Crippen molar-refractivity contribution >= 4 is 59.0 Å². The normalized spacial score (nSPS) is 24.3. The second-order valence-corrected chi connectivity index (χ2v) is 16.2. The highest BCUT2D eigenvalue weighted by molar-refractivity contribution is 8.65. The molecule has 1 aliphatic heterocycles. The number of hydrogen-bond acceptors (Lipinski definition) is 7. The molecule has 1 aromatic carbocycles. The summed E-state index contributed by atoms with van der Waals surface area (Å²) in [6.45, 7) is 5.69. The molecule has 2 atom stereocenters. The quantitative estimate of drug-likeness (QED) is 0.359. The van der Waals surface area contributed by atoms with E-state index in [0.717, 1.165) is 22.8 Å². The van der Waals surface area contributed by atoms with Gasteiger partial charge in [-0.3, -0.25) is 9.05 Å². The molecule has 10 heteroatoms. The second kappa shape index (κ2) is 8.52. The Hall–Kier alpha value is 0.260. The lowest BCUT2D eigenvalue weighted by Gasteiger charge is -2.33. The Morgan fingerprint density at radius 2 is 1.76 bits per heavy atom. The average molecular weight is 441 g/mol. The Morgan fingerprint density at radius 1 is 1.24 bits per heavy atom. The van der Waals surface area contributed by atoms with Crippen LogP contribution in [0.2, 0.25) is 0 Å².